The quantitative estimate of drug-likeness (QED) is 0.727. The lowest BCUT2D eigenvalue weighted by molar-refractivity contribution is 0.170. The molecule has 0 aliphatic rings. The molecule has 0 aromatic carbocycles. The van der Waals surface area contributed by atoms with Gasteiger partial charge in [-0.2, -0.15) is 0 Å². The van der Waals surface area contributed by atoms with Gasteiger partial charge in [0.2, 0.25) is 0 Å². The summed E-state index contributed by atoms with van der Waals surface area (Å²) in [5.41, 5.74) is 1.55. The van der Waals surface area contributed by atoms with Crippen LogP contribution in [-0.4, -0.2) is 23.2 Å². The zero-order valence-corrected chi connectivity index (χ0v) is 7.57. The van der Waals surface area contributed by atoms with Gasteiger partial charge >= 0.3 is 6.09 Å². The van der Waals surface area contributed by atoms with E-state index in [-0.39, 0.29) is 0 Å². The minimum Gasteiger partial charge on any atom is -0.453 e. The van der Waals surface area contributed by atoms with Gasteiger partial charge in [-0.25, -0.2) is 4.79 Å². The lowest BCUT2D eigenvalue weighted by Crippen LogP contribution is -2.22. The molecule has 0 saturated heterocycles. The van der Waals surface area contributed by atoms with Crippen LogP contribution in [0.15, 0.2) is 12.4 Å². The minimum atomic E-state index is -0.470. The molecule has 1 aromatic heterocycles. The number of nitrogens with one attached hydrogen (secondary N) is 1. The first-order valence-electron chi connectivity index (χ1n) is 3.81. The molecule has 1 N–H and O–H groups in total. The maximum Gasteiger partial charge on any atom is 0.407 e. The summed E-state index contributed by atoms with van der Waals surface area (Å²) in [5.74, 6) is 0. The Hall–Kier alpha value is -1.65. The van der Waals surface area contributed by atoms with E-state index in [0.29, 0.717) is 12.2 Å². The maximum absolute atomic E-state index is 10.7. The number of amides is 1. The molecule has 1 amide bonds. The monoisotopic (exact) mass is 181 g/mol. The highest BCUT2D eigenvalue weighted by Crippen LogP contribution is 1.93. The van der Waals surface area contributed by atoms with Crippen LogP contribution in [0.25, 0.3) is 0 Å². The van der Waals surface area contributed by atoms with Crippen LogP contribution in [-0.2, 0) is 11.3 Å². The van der Waals surface area contributed by atoms with Crippen molar-refractivity contribution in [2.75, 3.05) is 7.11 Å². The molecular formula is C8H11N3O2. The Morgan fingerprint density at radius 2 is 2.31 bits per heavy atom. The Kier molecular flexibility index (Phi) is 3.19. The van der Waals surface area contributed by atoms with Gasteiger partial charge in [0.15, 0.2) is 0 Å². The van der Waals surface area contributed by atoms with Crippen LogP contribution in [0.1, 0.15) is 11.4 Å². The molecule has 0 bridgehead atoms. The summed E-state index contributed by atoms with van der Waals surface area (Å²) in [6.07, 6.45) is 2.79. The summed E-state index contributed by atoms with van der Waals surface area (Å²) in [7, 11) is 1.32. The van der Waals surface area contributed by atoms with E-state index in [1.807, 2.05) is 6.92 Å². The van der Waals surface area contributed by atoms with Crippen molar-refractivity contribution in [3.8, 4) is 0 Å². The molecule has 0 aliphatic carbocycles. The standard InChI is InChI=1S/C8H11N3O2/c1-6-3-10-7(4-9-6)5-11-8(12)13-2/h3-4H,5H2,1-2H3,(H,11,12). The molecule has 0 saturated carbocycles. The van der Waals surface area contributed by atoms with Crippen molar-refractivity contribution in [3.63, 3.8) is 0 Å². The first kappa shape index (κ1) is 9.44. The third kappa shape index (κ3) is 3.06. The first-order valence-corrected chi connectivity index (χ1v) is 3.81. The van der Waals surface area contributed by atoms with Crippen molar-refractivity contribution in [2.45, 2.75) is 13.5 Å². The Morgan fingerprint density at radius 3 is 2.85 bits per heavy atom. The molecule has 1 aromatic rings. The number of alkyl carbamates (subject to hydrolysis) is 1. The Labute approximate surface area is 76.2 Å². The molecular weight excluding hydrogens is 170 g/mol. The normalized spacial score (nSPS) is 9.38. The molecule has 0 radical (unpaired) electrons. The van der Waals surface area contributed by atoms with E-state index in [2.05, 4.69) is 20.0 Å². The molecule has 0 spiro atoms. The number of carbonyl (C=O) groups excluding carboxylic acids is 1. The fourth-order valence-corrected chi connectivity index (χ4v) is 0.746. The van der Waals surface area contributed by atoms with Crippen molar-refractivity contribution in [2.24, 2.45) is 0 Å². The Balaban J connectivity index is 2.46. The van der Waals surface area contributed by atoms with Gasteiger partial charge in [-0.1, -0.05) is 0 Å². The second-order valence-electron chi connectivity index (χ2n) is 2.49. The van der Waals surface area contributed by atoms with Crippen molar-refractivity contribution >= 4 is 6.09 Å². The van der Waals surface area contributed by atoms with Gasteiger partial charge in [-0.05, 0) is 6.92 Å². The number of hydrogen-bond acceptors (Lipinski definition) is 4. The van der Waals surface area contributed by atoms with Gasteiger partial charge in [0.1, 0.15) is 0 Å². The topological polar surface area (TPSA) is 64.1 Å². The minimum absolute atomic E-state index is 0.333. The largest absolute Gasteiger partial charge is 0.453 e. The molecule has 5 nitrogen and oxygen atoms in total. The van der Waals surface area contributed by atoms with Crippen molar-refractivity contribution in [1.82, 2.24) is 15.3 Å². The molecule has 1 heterocycles. The van der Waals surface area contributed by atoms with Crippen LogP contribution < -0.4 is 5.32 Å². The predicted octanol–water partition coefficient (Wildman–Crippen LogP) is 0.641. The number of nitrogens with zero attached hydrogens (tertiary/aromatic N) is 2. The molecule has 0 aliphatic heterocycles. The van der Waals surface area contributed by atoms with Gasteiger partial charge in [0.05, 0.1) is 31.2 Å². The van der Waals surface area contributed by atoms with E-state index >= 15 is 0 Å². The smallest absolute Gasteiger partial charge is 0.407 e. The zero-order valence-electron chi connectivity index (χ0n) is 7.57. The van der Waals surface area contributed by atoms with Crippen LogP contribution in [0.3, 0.4) is 0 Å². The fraction of sp³-hybridized carbons (Fsp3) is 0.375. The highest BCUT2D eigenvalue weighted by molar-refractivity contribution is 5.66. The van der Waals surface area contributed by atoms with E-state index in [4.69, 9.17) is 0 Å². The summed E-state index contributed by atoms with van der Waals surface area (Å²) in [6, 6.07) is 0. The summed E-state index contributed by atoms with van der Waals surface area (Å²) in [5, 5.41) is 2.50. The molecule has 0 unspecified atom stereocenters. The Morgan fingerprint density at radius 1 is 1.54 bits per heavy atom. The number of aryl methyl sites for hydroxylation is 1. The molecule has 0 atom stereocenters. The van der Waals surface area contributed by atoms with Gasteiger partial charge in [0.25, 0.3) is 0 Å². The fourth-order valence-electron chi connectivity index (χ4n) is 0.746. The van der Waals surface area contributed by atoms with Crippen molar-refractivity contribution in [3.05, 3.63) is 23.8 Å². The summed E-state index contributed by atoms with van der Waals surface area (Å²) in [6.45, 7) is 2.18. The van der Waals surface area contributed by atoms with E-state index in [1.54, 1.807) is 12.4 Å². The average molecular weight is 181 g/mol. The summed E-state index contributed by atoms with van der Waals surface area (Å²) >= 11 is 0. The molecule has 70 valence electrons. The number of rotatable bonds is 2. The third-order valence-corrected chi connectivity index (χ3v) is 1.43. The Bertz CT molecular complexity index is 284. The van der Waals surface area contributed by atoms with Crippen molar-refractivity contribution in [1.29, 1.82) is 0 Å². The van der Waals surface area contributed by atoms with E-state index in [9.17, 15) is 4.79 Å². The van der Waals surface area contributed by atoms with Crippen LogP contribution in [0.2, 0.25) is 0 Å². The second-order valence-corrected chi connectivity index (χ2v) is 2.49. The average Bonchev–Trinajstić information content (AvgIpc) is 2.16. The number of carbonyl (C=O) groups is 1. The van der Waals surface area contributed by atoms with Gasteiger partial charge in [-0.15, -0.1) is 0 Å². The lowest BCUT2D eigenvalue weighted by atomic mass is 10.4. The summed E-state index contributed by atoms with van der Waals surface area (Å²) < 4.78 is 4.40. The molecule has 13 heavy (non-hydrogen) atoms. The van der Waals surface area contributed by atoms with Crippen LogP contribution in [0.5, 0.6) is 0 Å². The van der Waals surface area contributed by atoms with E-state index in [1.165, 1.54) is 7.11 Å². The lowest BCUT2D eigenvalue weighted by Gasteiger charge is -2.02. The number of aromatic nitrogens is 2. The highest BCUT2D eigenvalue weighted by atomic mass is 16.5. The molecule has 1 rings (SSSR count). The zero-order chi connectivity index (χ0) is 9.68. The van der Waals surface area contributed by atoms with Crippen molar-refractivity contribution < 1.29 is 9.53 Å². The van der Waals surface area contributed by atoms with E-state index < -0.39 is 6.09 Å². The predicted molar refractivity (Wildman–Crippen MR) is 46.0 cm³/mol. The van der Waals surface area contributed by atoms with Gasteiger partial charge < -0.3 is 10.1 Å². The SMILES string of the molecule is COC(=O)NCc1cnc(C)cn1. The van der Waals surface area contributed by atoms with Crippen LogP contribution in [0.4, 0.5) is 4.79 Å². The molecule has 5 heteroatoms. The van der Waals surface area contributed by atoms with Gasteiger partial charge in [-0.3, -0.25) is 9.97 Å². The number of hydrogen-bond donors (Lipinski definition) is 1. The second kappa shape index (κ2) is 4.39. The van der Waals surface area contributed by atoms with Crippen LogP contribution in [0, 0.1) is 6.92 Å². The third-order valence-electron chi connectivity index (χ3n) is 1.43. The van der Waals surface area contributed by atoms with Gasteiger partial charge in [0, 0.05) is 6.20 Å². The van der Waals surface area contributed by atoms with E-state index in [0.717, 1.165) is 5.69 Å². The van der Waals surface area contributed by atoms with Crippen LogP contribution >= 0.6 is 0 Å². The molecule has 0 fully saturated rings. The summed E-state index contributed by atoms with van der Waals surface area (Å²) in [4.78, 5) is 18.8. The number of methoxy groups -OCH3 is 1. The first-order chi connectivity index (χ1) is 6.22. The maximum atomic E-state index is 10.7. The number of ether oxygens (including phenoxy) is 1. The highest BCUT2D eigenvalue weighted by Gasteiger charge is 1.99.